The van der Waals surface area contributed by atoms with Gasteiger partial charge in [-0.25, -0.2) is 4.79 Å². The fourth-order valence-electron chi connectivity index (χ4n) is 1.62. The SMILES string of the molecule is CC(C)NC(=O)CNC(=O)COC(=O)[C@@H](C)Oc1ccc(Cl)cc1. The number of halogens is 1. The molecular weight excluding hydrogens is 336 g/mol. The maximum atomic E-state index is 11.8. The molecule has 8 heteroatoms. The summed E-state index contributed by atoms with van der Waals surface area (Å²) in [6, 6.07) is 6.48. The number of benzene rings is 1. The zero-order valence-corrected chi connectivity index (χ0v) is 14.6. The van der Waals surface area contributed by atoms with Gasteiger partial charge in [0.1, 0.15) is 5.75 Å². The molecule has 0 spiro atoms. The minimum absolute atomic E-state index is 0.0157. The molecule has 1 rings (SSSR count). The van der Waals surface area contributed by atoms with Crippen molar-refractivity contribution in [2.45, 2.75) is 32.9 Å². The van der Waals surface area contributed by atoms with Crippen LogP contribution in [0.3, 0.4) is 0 Å². The van der Waals surface area contributed by atoms with Gasteiger partial charge in [-0.2, -0.15) is 0 Å². The molecular formula is C16H21ClN2O5. The van der Waals surface area contributed by atoms with Crippen LogP contribution in [0.2, 0.25) is 5.02 Å². The van der Waals surface area contributed by atoms with Crippen LogP contribution >= 0.6 is 11.6 Å². The quantitative estimate of drug-likeness (QED) is 0.684. The second kappa shape index (κ2) is 9.77. The highest BCUT2D eigenvalue weighted by Crippen LogP contribution is 2.17. The molecule has 0 unspecified atom stereocenters. The van der Waals surface area contributed by atoms with Crippen molar-refractivity contribution < 1.29 is 23.9 Å². The number of hydrogen-bond donors (Lipinski definition) is 2. The highest BCUT2D eigenvalue weighted by molar-refractivity contribution is 6.30. The number of nitrogens with one attached hydrogen (secondary N) is 2. The molecule has 0 aromatic heterocycles. The largest absolute Gasteiger partial charge is 0.479 e. The van der Waals surface area contributed by atoms with Crippen molar-refractivity contribution in [3.63, 3.8) is 0 Å². The standard InChI is InChI=1S/C16H21ClN2O5/c1-10(2)19-14(20)8-18-15(21)9-23-16(22)11(3)24-13-6-4-12(17)5-7-13/h4-7,10-11H,8-9H2,1-3H3,(H,18,21)(H,19,20)/t11-/m1/s1. The fourth-order valence-corrected chi connectivity index (χ4v) is 1.75. The van der Waals surface area contributed by atoms with Crippen molar-refractivity contribution in [3.05, 3.63) is 29.3 Å². The van der Waals surface area contributed by atoms with E-state index in [4.69, 9.17) is 21.1 Å². The predicted octanol–water partition coefficient (Wildman–Crippen LogP) is 1.29. The monoisotopic (exact) mass is 356 g/mol. The molecule has 1 aromatic rings. The predicted molar refractivity (Wildman–Crippen MR) is 88.8 cm³/mol. The second-order valence-corrected chi connectivity index (χ2v) is 5.76. The summed E-state index contributed by atoms with van der Waals surface area (Å²) in [5.41, 5.74) is 0. The van der Waals surface area contributed by atoms with Crippen molar-refractivity contribution >= 4 is 29.4 Å². The molecule has 0 aliphatic heterocycles. The molecule has 1 atom stereocenters. The van der Waals surface area contributed by atoms with Gasteiger partial charge >= 0.3 is 5.97 Å². The first-order valence-electron chi connectivity index (χ1n) is 7.43. The van der Waals surface area contributed by atoms with Gasteiger partial charge in [0.2, 0.25) is 5.91 Å². The van der Waals surface area contributed by atoms with E-state index in [0.717, 1.165) is 0 Å². The molecule has 0 fully saturated rings. The average molecular weight is 357 g/mol. The zero-order valence-electron chi connectivity index (χ0n) is 13.8. The number of carbonyl (C=O) groups is 3. The molecule has 0 bridgehead atoms. The van der Waals surface area contributed by atoms with Gasteiger partial charge in [0.15, 0.2) is 12.7 Å². The molecule has 0 aliphatic carbocycles. The van der Waals surface area contributed by atoms with Gasteiger partial charge in [-0.05, 0) is 45.0 Å². The summed E-state index contributed by atoms with van der Waals surface area (Å²) in [5.74, 6) is -1.12. The lowest BCUT2D eigenvalue weighted by Gasteiger charge is -2.14. The Bertz CT molecular complexity index is 574. The summed E-state index contributed by atoms with van der Waals surface area (Å²) in [7, 11) is 0. The van der Waals surface area contributed by atoms with Gasteiger partial charge < -0.3 is 20.1 Å². The Morgan fingerprint density at radius 2 is 1.71 bits per heavy atom. The normalized spacial score (nSPS) is 11.5. The lowest BCUT2D eigenvalue weighted by atomic mass is 10.3. The smallest absolute Gasteiger partial charge is 0.347 e. The van der Waals surface area contributed by atoms with Gasteiger partial charge in [0.05, 0.1) is 6.54 Å². The van der Waals surface area contributed by atoms with E-state index in [1.54, 1.807) is 24.3 Å². The summed E-state index contributed by atoms with van der Waals surface area (Å²) >= 11 is 5.75. The molecule has 0 aliphatic rings. The summed E-state index contributed by atoms with van der Waals surface area (Å²) < 4.78 is 10.2. The Morgan fingerprint density at radius 3 is 2.29 bits per heavy atom. The van der Waals surface area contributed by atoms with Crippen LogP contribution in [0.25, 0.3) is 0 Å². The highest BCUT2D eigenvalue weighted by atomic mass is 35.5. The van der Waals surface area contributed by atoms with Gasteiger partial charge in [-0.15, -0.1) is 0 Å². The van der Waals surface area contributed by atoms with E-state index in [1.807, 2.05) is 13.8 Å². The fraction of sp³-hybridized carbons (Fsp3) is 0.438. The minimum Gasteiger partial charge on any atom is -0.479 e. The van der Waals surface area contributed by atoms with Crippen molar-refractivity contribution in [1.82, 2.24) is 10.6 Å². The van der Waals surface area contributed by atoms with Crippen molar-refractivity contribution in [2.75, 3.05) is 13.2 Å². The Kier molecular flexibility index (Phi) is 8.05. The summed E-state index contributed by atoms with van der Waals surface area (Å²) in [6.45, 7) is 4.46. The van der Waals surface area contributed by atoms with Crippen LogP contribution in [0.1, 0.15) is 20.8 Å². The lowest BCUT2D eigenvalue weighted by molar-refractivity contribution is -0.154. The van der Waals surface area contributed by atoms with E-state index in [0.29, 0.717) is 10.8 Å². The summed E-state index contributed by atoms with van der Waals surface area (Å²) in [4.78, 5) is 34.7. The van der Waals surface area contributed by atoms with E-state index < -0.39 is 24.6 Å². The summed E-state index contributed by atoms with van der Waals surface area (Å²) in [5, 5.41) is 5.53. The number of amides is 2. The van der Waals surface area contributed by atoms with E-state index >= 15 is 0 Å². The number of rotatable bonds is 8. The Morgan fingerprint density at radius 1 is 1.08 bits per heavy atom. The Labute approximate surface area is 145 Å². The maximum Gasteiger partial charge on any atom is 0.347 e. The molecule has 0 heterocycles. The van der Waals surface area contributed by atoms with E-state index in [-0.39, 0.29) is 18.5 Å². The van der Waals surface area contributed by atoms with Crippen LogP contribution in [0, 0.1) is 0 Å². The topological polar surface area (TPSA) is 93.7 Å². The summed E-state index contributed by atoms with van der Waals surface area (Å²) in [6.07, 6.45) is -0.886. The molecule has 1 aromatic carbocycles. The van der Waals surface area contributed by atoms with Crippen LogP contribution < -0.4 is 15.4 Å². The zero-order chi connectivity index (χ0) is 18.1. The van der Waals surface area contributed by atoms with Crippen molar-refractivity contribution in [3.8, 4) is 5.75 Å². The average Bonchev–Trinajstić information content (AvgIpc) is 2.52. The Hall–Kier alpha value is -2.28. The van der Waals surface area contributed by atoms with Crippen molar-refractivity contribution in [2.24, 2.45) is 0 Å². The second-order valence-electron chi connectivity index (χ2n) is 5.32. The molecule has 2 N–H and O–H groups in total. The number of esters is 1. The number of carbonyl (C=O) groups excluding carboxylic acids is 3. The van der Waals surface area contributed by atoms with Gasteiger partial charge in [-0.3, -0.25) is 9.59 Å². The van der Waals surface area contributed by atoms with Crippen LogP contribution in [-0.2, 0) is 19.1 Å². The van der Waals surface area contributed by atoms with E-state index in [9.17, 15) is 14.4 Å². The lowest BCUT2D eigenvalue weighted by Crippen LogP contribution is -2.41. The van der Waals surface area contributed by atoms with Crippen LogP contribution in [0.4, 0.5) is 0 Å². The van der Waals surface area contributed by atoms with Gasteiger partial charge in [0, 0.05) is 11.1 Å². The third-order valence-electron chi connectivity index (χ3n) is 2.70. The Balaban J connectivity index is 2.30. The van der Waals surface area contributed by atoms with Crippen LogP contribution in [-0.4, -0.2) is 43.1 Å². The highest BCUT2D eigenvalue weighted by Gasteiger charge is 2.18. The maximum absolute atomic E-state index is 11.8. The first-order chi connectivity index (χ1) is 11.3. The van der Waals surface area contributed by atoms with E-state index in [2.05, 4.69) is 10.6 Å². The minimum atomic E-state index is -0.886. The van der Waals surface area contributed by atoms with Crippen LogP contribution in [0.5, 0.6) is 5.75 Å². The molecule has 0 radical (unpaired) electrons. The molecule has 132 valence electrons. The molecule has 0 saturated carbocycles. The molecule has 0 saturated heterocycles. The van der Waals surface area contributed by atoms with Gasteiger partial charge in [-0.1, -0.05) is 11.6 Å². The van der Waals surface area contributed by atoms with Crippen molar-refractivity contribution in [1.29, 1.82) is 0 Å². The van der Waals surface area contributed by atoms with Gasteiger partial charge in [0.25, 0.3) is 5.91 Å². The third-order valence-corrected chi connectivity index (χ3v) is 2.95. The number of hydrogen-bond acceptors (Lipinski definition) is 5. The number of ether oxygens (including phenoxy) is 2. The third kappa shape index (κ3) is 7.82. The molecule has 2 amide bonds. The van der Waals surface area contributed by atoms with Crippen LogP contribution in [0.15, 0.2) is 24.3 Å². The molecule has 24 heavy (non-hydrogen) atoms. The van der Waals surface area contributed by atoms with E-state index in [1.165, 1.54) is 6.92 Å². The molecule has 7 nitrogen and oxygen atoms in total. The first kappa shape index (κ1) is 19.8. The first-order valence-corrected chi connectivity index (χ1v) is 7.80.